The zero-order chi connectivity index (χ0) is 13.1. The number of nitrogens with two attached hydrogens (primary N) is 2. The summed E-state index contributed by atoms with van der Waals surface area (Å²) in [7, 11) is 0. The first-order valence-corrected chi connectivity index (χ1v) is 6.17. The van der Waals surface area contributed by atoms with Crippen molar-refractivity contribution in [3.8, 4) is 0 Å². The van der Waals surface area contributed by atoms with Gasteiger partial charge in [-0.1, -0.05) is 0 Å². The van der Waals surface area contributed by atoms with E-state index in [-0.39, 0.29) is 6.61 Å². The fourth-order valence-electron chi connectivity index (χ4n) is 2.47. The number of rotatable bonds is 4. The van der Waals surface area contributed by atoms with E-state index < -0.39 is 5.91 Å². The second kappa shape index (κ2) is 5.27. The number of aliphatic hydroxyl groups excluding tert-OH is 1. The van der Waals surface area contributed by atoms with Gasteiger partial charge in [0.05, 0.1) is 11.4 Å². The molecule has 1 atom stereocenters. The molecule has 0 aromatic heterocycles. The van der Waals surface area contributed by atoms with Crippen LogP contribution in [0.4, 0.5) is 11.4 Å². The van der Waals surface area contributed by atoms with E-state index in [9.17, 15) is 4.79 Å². The molecule has 5 heteroatoms. The number of benzene rings is 1. The summed E-state index contributed by atoms with van der Waals surface area (Å²) in [6.07, 6.45) is 1.90. The molecule has 5 N–H and O–H groups in total. The molecule has 1 amide bonds. The molecule has 0 radical (unpaired) electrons. The summed E-state index contributed by atoms with van der Waals surface area (Å²) >= 11 is 0. The van der Waals surface area contributed by atoms with E-state index in [0.29, 0.717) is 17.2 Å². The zero-order valence-corrected chi connectivity index (χ0v) is 10.3. The van der Waals surface area contributed by atoms with Crippen LogP contribution in [0, 0.1) is 5.92 Å². The maximum atomic E-state index is 11.0. The third kappa shape index (κ3) is 2.56. The second-order valence-electron chi connectivity index (χ2n) is 4.75. The van der Waals surface area contributed by atoms with Gasteiger partial charge in [-0.2, -0.15) is 0 Å². The van der Waals surface area contributed by atoms with Gasteiger partial charge in [0.1, 0.15) is 0 Å². The van der Waals surface area contributed by atoms with Crippen LogP contribution in [0.3, 0.4) is 0 Å². The molecule has 1 heterocycles. The summed E-state index contributed by atoms with van der Waals surface area (Å²) in [6, 6.07) is 5.17. The molecule has 1 fully saturated rings. The van der Waals surface area contributed by atoms with Crippen LogP contribution < -0.4 is 16.4 Å². The Balaban J connectivity index is 2.12. The predicted octanol–water partition coefficient (Wildman–Crippen LogP) is 0.576. The molecule has 0 aliphatic carbocycles. The van der Waals surface area contributed by atoms with Crippen molar-refractivity contribution in [3.05, 3.63) is 23.8 Å². The van der Waals surface area contributed by atoms with Gasteiger partial charge in [-0.05, 0) is 37.0 Å². The minimum Gasteiger partial charge on any atom is -0.397 e. The van der Waals surface area contributed by atoms with Crippen LogP contribution >= 0.6 is 0 Å². The number of carbonyl (C=O) groups is 1. The van der Waals surface area contributed by atoms with E-state index in [4.69, 9.17) is 16.6 Å². The highest BCUT2D eigenvalue weighted by Crippen LogP contribution is 2.30. The molecule has 1 aliphatic rings. The number of amides is 1. The van der Waals surface area contributed by atoms with Crippen LogP contribution in [0.2, 0.25) is 0 Å². The molecular formula is C13H19N3O2. The van der Waals surface area contributed by atoms with Crippen molar-refractivity contribution in [1.29, 1.82) is 0 Å². The predicted molar refractivity (Wildman–Crippen MR) is 71.4 cm³/mol. The van der Waals surface area contributed by atoms with Crippen molar-refractivity contribution in [3.63, 3.8) is 0 Å². The van der Waals surface area contributed by atoms with Crippen molar-refractivity contribution in [2.24, 2.45) is 11.7 Å². The number of aliphatic hydroxyl groups is 1. The number of primary amides is 1. The highest BCUT2D eigenvalue weighted by molar-refractivity contribution is 5.94. The van der Waals surface area contributed by atoms with Crippen molar-refractivity contribution in [2.75, 3.05) is 30.3 Å². The lowest BCUT2D eigenvalue weighted by Gasteiger charge is -2.21. The summed E-state index contributed by atoms with van der Waals surface area (Å²) in [4.78, 5) is 13.2. The van der Waals surface area contributed by atoms with Gasteiger partial charge in [0.25, 0.3) is 0 Å². The first-order chi connectivity index (χ1) is 8.61. The molecule has 0 saturated carbocycles. The Morgan fingerprint density at radius 1 is 1.50 bits per heavy atom. The smallest absolute Gasteiger partial charge is 0.248 e. The summed E-state index contributed by atoms with van der Waals surface area (Å²) in [5.74, 6) is 0.0537. The fraction of sp³-hybridized carbons (Fsp3) is 0.462. The lowest BCUT2D eigenvalue weighted by molar-refractivity contribution is 0.100. The number of hydrogen-bond acceptors (Lipinski definition) is 4. The summed E-state index contributed by atoms with van der Waals surface area (Å²) < 4.78 is 0. The Bertz CT molecular complexity index is 448. The van der Waals surface area contributed by atoms with Crippen molar-refractivity contribution < 1.29 is 9.90 Å². The lowest BCUT2D eigenvalue weighted by Crippen LogP contribution is -2.21. The van der Waals surface area contributed by atoms with Crippen LogP contribution in [0.25, 0.3) is 0 Å². The quantitative estimate of drug-likeness (QED) is 0.680. The van der Waals surface area contributed by atoms with E-state index in [1.807, 2.05) is 6.07 Å². The van der Waals surface area contributed by atoms with Crippen LogP contribution in [0.1, 0.15) is 23.2 Å². The van der Waals surface area contributed by atoms with Gasteiger partial charge in [-0.15, -0.1) is 0 Å². The van der Waals surface area contributed by atoms with E-state index in [1.54, 1.807) is 12.1 Å². The first kappa shape index (κ1) is 12.7. The lowest BCUT2D eigenvalue weighted by atomic mass is 10.1. The first-order valence-electron chi connectivity index (χ1n) is 6.17. The average molecular weight is 249 g/mol. The van der Waals surface area contributed by atoms with E-state index in [2.05, 4.69) is 4.90 Å². The minimum absolute atomic E-state index is 0.231. The second-order valence-corrected chi connectivity index (χ2v) is 4.75. The molecule has 1 aromatic rings. The van der Waals surface area contributed by atoms with E-state index >= 15 is 0 Å². The molecule has 98 valence electrons. The van der Waals surface area contributed by atoms with Crippen LogP contribution in [0.15, 0.2) is 18.2 Å². The van der Waals surface area contributed by atoms with Gasteiger partial charge >= 0.3 is 0 Å². The molecule has 2 rings (SSSR count). The third-order valence-corrected chi connectivity index (χ3v) is 3.48. The number of nitrogen functional groups attached to an aromatic ring is 1. The molecule has 1 saturated heterocycles. The van der Waals surface area contributed by atoms with E-state index in [0.717, 1.165) is 31.6 Å². The van der Waals surface area contributed by atoms with Gasteiger partial charge in [0.2, 0.25) is 5.91 Å². The topological polar surface area (TPSA) is 92.6 Å². The fourth-order valence-corrected chi connectivity index (χ4v) is 2.47. The number of hydrogen-bond donors (Lipinski definition) is 3. The Labute approximate surface area is 106 Å². The van der Waals surface area contributed by atoms with E-state index in [1.165, 1.54) is 0 Å². The van der Waals surface area contributed by atoms with Crippen molar-refractivity contribution in [2.45, 2.75) is 12.8 Å². The maximum absolute atomic E-state index is 11.0. The number of carbonyl (C=O) groups excluding carboxylic acids is 1. The van der Waals surface area contributed by atoms with Crippen molar-refractivity contribution in [1.82, 2.24) is 0 Å². The van der Waals surface area contributed by atoms with Crippen LogP contribution in [0.5, 0.6) is 0 Å². The number of anilines is 2. The monoisotopic (exact) mass is 249 g/mol. The minimum atomic E-state index is -0.465. The molecule has 1 aliphatic heterocycles. The standard InChI is InChI=1S/C13H19N3O2/c14-11-7-10(13(15)18)1-2-12(11)16-5-3-9(8-16)4-6-17/h1-2,7,9,17H,3-6,8,14H2,(H2,15,18). The summed E-state index contributed by atoms with van der Waals surface area (Å²) in [6.45, 7) is 2.07. The third-order valence-electron chi connectivity index (χ3n) is 3.48. The average Bonchev–Trinajstić information content (AvgIpc) is 2.77. The Kier molecular flexibility index (Phi) is 3.72. The van der Waals surface area contributed by atoms with Crippen LogP contribution in [-0.4, -0.2) is 30.7 Å². The summed E-state index contributed by atoms with van der Waals surface area (Å²) in [5, 5.41) is 8.94. The molecular weight excluding hydrogens is 230 g/mol. The summed E-state index contributed by atoms with van der Waals surface area (Å²) in [5.41, 5.74) is 13.1. The van der Waals surface area contributed by atoms with Gasteiger partial charge < -0.3 is 21.5 Å². The molecule has 18 heavy (non-hydrogen) atoms. The molecule has 0 spiro atoms. The number of nitrogens with zero attached hydrogens (tertiary/aromatic N) is 1. The van der Waals surface area contributed by atoms with Crippen LogP contribution in [-0.2, 0) is 0 Å². The Hall–Kier alpha value is -1.75. The highest BCUT2D eigenvalue weighted by atomic mass is 16.3. The molecule has 0 bridgehead atoms. The Morgan fingerprint density at radius 2 is 2.28 bits per heavy atom. The molecule has 5 nitrogen and oxygen atoms in total. The van der Waals surface area contributed by atoms with Gasteiger partial charge in [0.15, 0.2) is 0 Å². The Morgan fingerprint density at radius 3 is 2.89 bits per heavy atom. The van der Waals surface area contributed by atoms with Gasteiger partial charge in [-0.25, -0.2) is 0 Å². The zero-order valence-electron chi connectivity index (χ0n) is 10.3. The maximum Gasteiger partial charge on any atom is 0.248 e. The molecule has 1 unspecified atom stereocenters. The van der Waals surface area contributed by atoms with Crippen molar-refractivity contribution >= 4 is 17.3 Å². The SMILES string of the molecule is NC(=O)c1ccc(N2CCC(CCO)C2)c(N)c1. The van der Waals surface area contributed by atoms with Gasteiger partial charge in [0, 0.05) is 25.3 Å². The van der Waals surface area contributed by atoms with Gasteiger partial charge in [-0.3, -0.25) is 4.79 Å². The largest absolute Gasteiger partial charge is 0.397 e. The molecule has 1 aromatic carbocycles. The highest BCUT2D eigenvalue weighted by Gasteiger charge is 2.23. The normalized spacial score (nSPS) is 19.2.